The van der Waals surface area contributed by atoms with Crippen molar-refractivity contribution in [1.29, 1.82) is 0 Å². The van der Waals surface area contributed by atoms with Crippen molar-refractivity contribution >= 4 is 28.4 Å². The lowest BCUT2D eigenvalue weighted by Crippen LogP contribution is -2.03. The van der Waals surface area contributed by atoms with Crippen LogP contribution in [0.1, 0.15) is 11.1 Å². The predicted octanol–water partition coefficient (Wildman–Crippen LogP) is 4.42. The quantitative estimate of drug-likeness (QED) is 0.250. The van der Waals surface area contributed by atoms with E-state index in [0.717, 1.165) is 22.4 Å². The molecule has 156 valence electrons. The summed E-state index contributed by atoms with van der Waals surface area (Å²) in [5, 5.41) is 21.8. The molecule has 2 heterocycles. The van der Waals surface area contributed by atoms with Gasteiger partial charge in [0.15, 0.2) is 0 Å². The number of aromatic nitrogens is 3. The van der Waals surface area contributed by atoms with Crippen molar-refractivity contribution in [1.82, 2.24) is 14.8 Å². The molecule has 0 spiro atoms. The highest BCUT2D eigenvalue weighted by Gasteiger charge is 2.11. The van der Waals surface area contributed by atoms with E-state index >= 15 is 0 Å². The standard InChI is InChI=1S/C21H18N6O3S/c1-30-20-8-7-15(9-17(20)12-26-13-18(11-23-26)27(28)29)10-22-25-21-24-19(14-31-21)16-5-3-2-4-6-16/h2-11,13-14H,12H2,1H3,(H,24,25). The molecule has 4 aromatic rings. The Balaban J connectivity index is 1.46. The molecule has 0 saturated carbocycles. The maximum Gasteiger partial charge on any atom is 0.307 e. The van der Waals surface area contributed by atoms with Crippen molar-refractivity contribution in [3.05, 3.63) is 87.5 Å². The first-order valence-corrected chi connectivity index (χ1v) is 10.1. The second-order valence-electron chi connectivity index (χ2n) is 6.50. The highest BCUT2D eigenvalue weighted by molar-refractivity contribution is 7.14. The molecule has 0 atom stereocenters. The molecule has 2 aromatic heterocycles. The number of hydrogen-bond donors (Lipinski definition) is 1. The lowest BCUT2D eigenvalue weighted by atomic mass is 10.1. The van der Waals surface area contributed by atoms with E-state index in [1.165, 1.54) is 28.4 Å². The molecule has 0 fully saturated rings. The molecule has 31 heavy (non-hydrogen) atoms. The third-order valence-electron chi connectivity index (χ3n) is 4.41. The minimum atomic E-state index is -0.475. The van der Waals surface area contributed by atoms with Gasteiger partial charge in [0.25, 0.3) is 0 Å². The van der Waals surface area contributed by atoms with Gasteiger partial charge >= 0.3 is 5.69 Å². The van der Waals surface area contributed by atoms with Gasteiger partial charge in [-0.3, -0.25) is 20.2 Å². The number of hydrazone groups is 1. The van der Waals surface area contributed by atoms with Gasteiger partial charge in [0.1, 0.15) is 18.1 Å². The number of nitrogens with one attached hydrogen (secondary N) is 1. The lowest BCUT2D eigenvalue weighted by Gasteiger charge is -2.09. The number of benzene rings is 2. The Kier molecular flexibility index (Phi) is 5.99. The van der Waals surface area contributed by atoms with E-state index in [2.05, 4.69) is 20.6 Å². The SMILES string of the molecule is COc1ccc(C=NNc2nc(-c3ccccc3)cs2)cc1Cn1cc([N+](=O)[O-])cn1. The Hall–Kier alpha value is -4.05. The minimum Gasteiger partial charge on any atom is -0.496 e. The molecule has 4 rings (SSSR count). The lowest BCUT2D eigenvalue weighted by molar-refractivity contribution is -0.385. The van der Waals surface area contributed by atoms with Crippen LogP contribution in [0.4, 0.5) is 10.8 Å². The van der Waals surface area contributed by atoms with Gasteiger partial charge in [-0.05, 0) is 23.8 Å². The first kappa shape index (κ1) is 20.2. The topological polar surface area (TPSA) is 107 Å². The van der Waals surface area contributed by atoms with Gasteiger partial charge in [0, 0.05) is 16.5 Å². The Morgan fingerprint density at radius 3 is 2.87 bits per heavy atom. The van der Waals surface area contributed by atoms with Crippen molar-refractivity contribution in [3.8, 4) is 17.0 Å². The zero-order chi connectivity index (χ0) is 21.6. The van der Waals surface area contributed by atoms with Crippen molar-refractivity contribution in [2.75, 3.05) is 12.5 Å². The fraction of sp³-hybridized carbons (Fsp3) is 0.0952. The van der Waals surface area contributed by atoms with Gasteiger partial charge in [-0.1, -0.05) is 30.3 Å². The molecule has 0 radical (unpaired) electrons. The summed E-state index contributed by atoms with van der Waals surface area (Å²) in [6.07, 6.45) is 4.28. The van der Waals surface area contributed by atoms with E-state index in [0.29, 0.717) is 17.4 Å². The Morgan fingerprint density at radius 2 is 2.13 bits per heavy atom. The third-order valence-corrected chi connectivity index (χ3v) is 5.16. The maximum atomic E-state index is 10.9. The highest BCUT2D eigenvalue weighted by Crippen LogP contribution is 2.25. The molecule has 10 heteroatoms. The van der Waals surface area contributed by atoms with Crippen LogP contribution in [0.2, 0.25) is 0 Å². The molecule has 9 nitrogen and oxygen atoms in total. The van der Waals surface area contributed by atoms with E-state index in [-0.39, 0.29) is 5.69 Å². The largest absolute Gasteiger partial charge is 0.496 e. The summed E-state index contributed by atoms with van der Waals surface area (Å²) in [5.74, 6) is 0.663. The summed E-state index contributed by atoms with van der Waals surface area (Å²) in [6.45, 7) is 0.332. The maximum absolute atomic E-state index is 10.9. The Bertz CT molecular complexity index is 1220. The van der Waals surface area contributed by atoms with Gasteiger partial charge < -0.3 is 4.74 Å². The smallest absolute Gasteiger partial charge is 0.307 e. The van der Waals surface area contributed by atoms with Crippen LogP contribution in [0.15, 0.2) is 71.4 Å². The molecule has 0 saturated heterocycles. The summed E-state index contributed by atoms with van der Waals surface area (Å²) in [5.41, 5.74) is 6.50. The molecule has 1 N–H and O–H groups in total. The van der Waals surface area contributed by atoms with Gasteiger partial charge in [0.05, 0.1) is 30.5 Å². The first-order chi connectivity index (χ1) is 15.1. The fourth-order valence-corrected chi connectivity index (χ4v) is 3.61. The van der Waals surface area contributed by atoms with Crippen LogP contribution in [0.3, 0.4) is 0 Å². The molecular formula is C21H18N6O3S. The Morgan fingerprint density at radius 1 is 1.29 bits per heavy atom. The second kappa shape index (κ2) is 9.18. The van der Waals surface area contributed by atoms with Crippen LogP contribution >= 0.6 is 11.3 Å². The third kappa shape index (κ3) is 4.93. The number of nitro groups is 1. The molecule has 2 aromatic carbocycles. The molecular weight excluding hydrogens is 416 g/mol. The number of nitrogens with zero attached hydrogens (tertiary/aromatic N) is 5. The summed E-state index contributed by atoms with van der Waals surface area (Å²) < 4.78 is 6.90. The van der Waals surface area contributed by atoms with E-state index < -0.39 is 4.92 Å². The molecule has 0 aliphatic carbocycles. The van der Waals surface area contributed by atoms with E-state index in [9.17, 15) is 10.1 Å². The summed E-state index contributed by atoms with van der Waals surface area (Å²) in [6, 6.07) is 15.5. The average Bonchev–Trinajstić information content (AvgIpc) is 3.45. The van der Waals surface area contributed by atoms with Crippen LogP contribution < -0.4 is 10.2 Å². The molecule has 0 aliphatic heterocycles. The van der Waals surface area contributed by atoms with E-state index in [1.807, 2.05) is 53.9 Å². The fourth-order valence-electron chi connectivity index (χ4n) is 2.94. The van der Waals surface area contributed by atoms with E-state index in [4.69, 9.17) is 4.74 Å². The van der Waals surface area contributed by atoms with Crippen LogP contribution in [-0.2, 0) is 6.54 Å². The summed E-state index contributed by atoms with van der Waals surface area (Å²) >= 11 is 1.47. The van der Waals surface area contributed by atoms with Crippen LogP contribution in [0.5, 0.6) is 5.75 Å². The molecule has 0 unspecified atom stereocenters. The molecule has 0 amide bonds. The zero-order valence-electron chi connectivity index (χ0n) is 16.5. The van der Waals surface area contributed by atoms with Gasteiger partial charge in [-0.15, -0.1) is 11.3 Å². The normalized spacial score (nSPS) is 11.0. The van der Waals surface area contributed by atoms with Crippen LogP contribution in [0, 0.1) is 10.1 Å². The monoisotopic (exact) mass is 434 g/mol. The number of methoxy groups -OCH3 is 1. The number of thiazole rings is 1. The van der Waals surface area contributed by atoms with Crippen molar-refractivity contribution < 1.29 is 9.66 Å². The zero-order valence-corrected chi connectivity index (χ0v) is 17.3. The Labute approximate surface area is 181 Å². The number of anilines is 1. The number of ether oxygens (including phenoxy) is 1. The average molecular weight is 434 g/mol. The van der Waals surface area contributed by atoms with Crippen molar-refractivity contribution in [3.63, 3.8) is 0 Å². The molecule has 0 aliphatic rings. The number of rotatable bonds is 8. The van der Waals surface area contributed by atoms with Crippen LogP contribution in [0.25, 0.3) is 11.3 Å². The van der Waals surface area contributed by atoms with E-state index in [1.54, 1.807) is 13.3 Å². The first-order valence-electron chi connectivity index (χ1n) is 9.26. The summed E-state index contributed by atoms with van der Waals surface area (Å²) in [7, 11) is 1.58. The second-order valence-corrected chi connectivity index (χ2v) is 7.36. The van der Waals surface area contributed by atoms with Gasteiger partial charge in [-0.2, -0.15) is 10.2 Å². The number of hydrogen-bond acceptors (Lipinski definition) is 8. The van der Waals surface area contributed by atoms with Gasteiger partial charge in [0.2, 0.25) is 5.13 Å². The van der Waals surface area contributed by atoms with Crippen LogP contribution in [-0.4, -0.2) is 33.0 Å². The minimum absolute atomic E-state index is 0.0563. The summed E-state index contributed by atoms with van der Waals surface area (Å²) in [4.78, 5) is 14.9. The highest BCUT2D eigenvalue weighted by atomic mass is 32.1. The molecule has 0 bridgehead atoms. The van der Waals surface area contributed by atoms with Crippen molar-refractivity contribution in [2.45, 2.75) is 6.54 Å². The predicted molar refractivity (Wildman–Crippen MR) is 120 cm³/mol. The van der Waals surface area contributed by atoms with Gasteiger partial charge in [-0.25, -0.2) is 4.98 Å². The van der Waals surface area contributed by atoms with Crippen molar-refractivity contribution in [2.24, 2.45) is 5.10 Å².